The minimum absolute atomic E-state index is 0.0371. The quantitative estimate of drug-likeness (QED) is 0.390. The average molecular weight is 524 g/mol. The van der Waals surface area contributed by atoms with Crippen molar-refractivity contribution in [3.63, 3.8) is 0 Å². The number of esters is 1. The zero-order valence-corrected chi connectivity index (χ0v) is 21.7. The first kappa shape index (κ1) is 27.5. The van der Waals surface area contributed by atoms with Crippen LogP contribution in [0, 0.1) is 12.8 Å². The van der Waals surface area contributed by atoms with Gasteiger partial charge in [-0.2, -0.15) is 0 Å². The van der Waals surface area contributed by atoms with Gasteiger partial charge in [-0.25, -0.2) is 17.9 Å². The molecule has 0 aliphatic carbocycles. The summed E-state index contributed by atoms with van der Waals surface area (Å²) in [6.07, 6.45) is 1.76. The smallest absolute Gasteiger partial charge is 0.338 e. The average Bonchev–Trinajstić information content (AvgIpc) is 2.87. The fourth-order valence-electron chi connectivity index (χ4n) is 3.27. The number of aromatic nitrogens is 1. The number of sulfonamides is 1. The number of nitrogens with one attached hydrogen (secondary N) is 2. The first-order valence-corrected chi connectivity index (χ1v) is 13.2. The number of benzene rings is 2. The van der Waals surface area contributed by atoms with E-state index >= 15 is 0 Å². The molecule has 1 aromatic heterocycles. The Hall–Kier alpha value is -4.05. The molecule has 0 aliphatic heterocycles. The van der Waals surface area contributed by atoms with Gasteiger partial charge in [0.05, 0.1) is 21.7 Å². The Kier molecular flexibility index (Phi) is 9.13. The molecule has 0 aliphatic rings. The van der Waals surface area contributed by atoms with E-state index in [-0.39, 0.29) is 28.9 Å². The summed E-state index contributed by atoms with van der Waals surface area (Å²) in [6, 6.07) is 16.0. The fourth-order valence-corrected chi connectivity index (χ4v) is 4.25. The summed E-state index contributed by atoms with van der Waals surface area (Å²) in [5.41, 5.74) is 2.53. The van der Waals surface area contributed by atoms with Crippen molar-refractivity contribution < 1.29 is 27.5 Å². The monoisotopic (exact) mass is 523 g/mol. The molecule has 37 heavy (non-hydrogen) atoms. The highest BCUT2D eigenvalue weighted by Crippen LogP contribution is 2.13. The Labute approximate surface area is 216 Å². The van der Waals surface area contributed by atoms with E-state index in [0.29, 0.717) is 24.2 Å². The summed E-state index contributed by atoms with van der Waals surface area (Å²) in [6.45, 7) is 5.76. The summed E-state index contributed by atoms with van der Waals surface area (Å²) in [5.74, 6) is -1.48. The molecule has 0 atom stereocenters. The van der Waals surface area contributed by atoms with Gasteiger partial charge in [-0.1, -0.05) is 44.2 Å². The van der Waals surface area contributed by atoms with Crippen molar-refractivity contribution in [2.45, 2.75) is 38.7 Å². The highest BCUT2D eigenvalue weighted by Gasteiger charge is 2.19. The van der Waals surface area contributed by atoms with Gasteiger partial charge in [0.1, 0.15) is 6.61 Å². The molecule has 0 saturated heterocycles. The second-order valence-electron chi connectivity index (χ2n) is 8.70. The summed E-state index contributed by atoms with van der Waals surface area (Å²) in [4.78, 5) is 40.4. The molecule has 3 aromatic rings. The molecule has 3 rings (SSSR count). The van der Waals surface area contributed by atoms with Crippen molar-refractivity contribution in [2.75, 3.05) is 6.54 Å². The number of ether oxygens (including phenoxy) is 1. The Morgan fingerprint density at radius 3 is 2.30 bits per heavy atom. The predicted octanol–water partition coefficient (Wildman–Crippen LogP) is 3.18. The lowest BCUT2D eigenvalue weighted by Gasteiger charge is -2.10. The first-order valence-electron chi connectivity index (χ1n) is 11.7. The van der Waals surface area contributed by atoms with Crippen LogP contribution in [0.2, 0.25) is 0 Å². The Bertz CT molecular complexity index is 1370. The molecule has 10 heteroatoms. The van der Waals surface area contributed by atoms with Crippen LogP contribution < -0.4 is 10.0 Å². The third kappa shape index (κ3) is 7.71. The lowest BCUT2D eigenvalue weighted by Crippen LogP contribution is -2.30. The number of nitrogens with zero attached hydrogens (tertiary/aromatic N) is 1. The summed E-state index contributed by atoms with van der Waals surface area (Å²) in [7, 11) is -4.10. The molecule has 194 valence electrons. The Balaban J connectivity index is 1.54. The van der Waals surface area contributed by atoms with Gasteiger partial charge < -0.3 is 10.1 Å². The third-order valence-corrected chi connectivity index (χ3v) is 6.85. The van der Waals surface area contributed by atoms with Gasteiger partial charge in [0.15, 0.2) is 0 Å². The summed E-state index contributed by atoms with van der Waals surface area (Å²) >= 11 is 0. The number of hydrogen-bond acceptors (Lipinski definition) is 7. The first-order chi connectivity index (χ1) is 17.6. The van der Waals surface area contributed by atoms with Gasteiger partial charge in [0, 0.05) is 18.7 Å². The molecule has 2 N–H and O–H groups in total. The zero-order chi connectivity index (χ0) is 27.0. The van der Waals surface area contributed by atoms with Gasteiger partial charge in [-0.15, -0.1) is 0 Å². The van der Waals surface area contributed by atoms with Crippen molar-refractivity contribution in [2.24, 2.45) is 5.92 Å². The molecular weight excluding hydrogens is 494 g/mol. The Morgan fingerprint density at radius 1 is 0.973 bits per heavy atom. The number of amides is 2. The van der Waals surface area contributed by atoms with Crippen LogP contribution >= 0.6 is 0 Å². The molecule has 2 aromatic carbocycles. The lowest BCUT2D eigenvalue weighted by molar-refractivity contribution is -0.123. The maximum Gasteiger partial charge on any atom is 0.338 e. The van der Waals surface area contributed by atoms with Crippen LogP contribution in [0.15, 0.2) is 71.8 Å². The molecule has 0 unspecified atom stereocenters. The van der Waals surface area contributed by atoms with E-state index in [4.69, 9.17) is 4.74 Å². The van der Waals surface area contributed by atoms with E-state index in [0.717, 1.165) is 11.1 Å². The molecule has 0 bridgehead atoms. The maximum atomic E-state index is 12.6. The fraction of sp³-hybridized carbons (Fsp3) is 0.259. The van der Waals surface area contributed by atoms with Crippen molar-refractivity contribution in [3.8, 4) is 0 Å². The highest BCUT2D eigenvalue weighted by atomic mass is 32.2. The van der Waals surface area contributed by atoms with Crippen molar-refractivity contribution in [1.29, 1.82) is 0 Å². The lowest BCUT2D eigenvalue weighted by atomic mass is 10.1. The molecule has 2 amide bonds. The van der Waals surface area contributed by atoms with Crippen molar-refractivity contribution in [1.82, 2.24) is 15.0 Å². The van der Waals surface area contributed by atoms with Crippen molar-refractivity contribution >= 4 is 27.8 Å². The summed E-state index contributed by atoms with van der Waals surface area (Å²) in [5, 5.41) is 2.80. The van der Waals surface area contributed by atoms with Crippen LogP contribution in [0.1, 0.15) is 51.4 Å². The highest BCUT2D eigenvalue weighted by molar-refractivity contribution is 7.90. The second kappa shape index (κ2) is 12.3. The van der Waals surface area contributed by atoms with Crippen molar-refractivity contribution in [3.05, 3.63) is 94.8 Å². The number of pyridine rings is 1. The van der Waals surface area contributed by atoms with Gasteiger partial charge in [-0.3, -0.25) is 14.6 Å². The van der Waals surface area contributed by atoms with Gasteiger partial charge in [0.25, 0.3) is 15.9 Å². The van der Waals surface area contributed by atoms with Crippen LogP contribution in [0.4, 0.5) is 0 Å². The van der Waals surface area contributed by atoms with Gasteiger partial charge >= 0.3 is 5.97 Å². The van der Waals surface area contributed by atoms with Crippen LogP contribution in [-0.2, 0) is 32.6 Å². The van der Waals surface area contributed by atoms with E-state index in [9.17, 15) is 22.8 Å². The van der Waals surface area contributed by atoms with Crippen LogP contribution in [-0.4, -0.2) is 37.7 Å². The van der Waals surface area contributed by atoms with Crippen LogP contribution in [0.5, 0.6) is 0 Å². The number of hydrogen-bond donors (Lipinski definition) is 2. The molecule has 0 spiro atoms. The van der Waals surface area contributed by atoms with E-state index in [1.807, 2.05) is 10.8 Å². The normalized spacial score (nSPS) is 11.1. The van der Waals surface area contributed by atoms with Gasteiger partial charge in [-0.05, 0) is 54.8 Å². The largest absolute Gasteiger partial charge is 0.456 e. The minimum atomic E-state index is -4.10. The molecule has 0 fully saturated rings. The predicted molar refractivity (Wildman–Crippen MR) is 137 cm³/mol. The topological polar surface area (TPSA) is 132 Å². The summed E-state index contributed by atoms with van der Waals surface area (Å²) < 4.78 is 32.6. The molecule has 9 nitrogen and oxygen atoms in total. The number of carbonyl (C=O) groups excluding carboxylic acids is 3. The van der Waals surface area contributed by atoms with E-state index < -0.39 is 21.9 Å². The minimum Gasteiger partial charge on any atom is -0.456 e. The standard InChI is InChI=1S/C27H29N3O6S/c1-18(2)25(31)28-15-14-20-8-12-23(13-9-20)37(34,35)30-26(32)21-10-11-22(29-16-21)17-36-27(33)24-7-5-4-6-19(24)3/h4-13,16,18H,14-15,17H2,1-3H3,(H,28,31)(H,30,32). The number of aryl methyl sites for hydroxylation is 1. The number of rotatable bonds is 10. The zero-order valence-electron chi connectivity index (χ0n) is 20.9. The van der Waals surface area contributed by atoms with Crippen LogP contribution in [0.25, 0.3) is 0 Å². The van der Waals surface area contributed by atoms with Gasteiger partial charge in [0.2, 0.25) is 5.91 Å². The molecule has 1 heterocycles. The SMILES string of the molecule is Cc1ccccc1C(=O)OCc1ccc(C(=O)NS(=O)(=O)c2ccc(CCNC(=O)C(C)C)cc2)cn1. The maximum absolute atomic E-state index is 12.6. The molecular formula is C27H29N3O6S. The third-order valence-electron chi connectivity index (χ3n) is 5.50. The van der Waals surface area contributed by atoms with E-state index in [1.165, 1.54) is 30.5 Å². The van der Waals surface area contributed by atoms with E-state index in [1.54, 1.807) is 51.1 Å². The Morgan fingerprint density at radius 2 is 1.68 bits per heavy atom. The van der Waals surface area contributed by atoms with E-state index in [2.05, 4.69) is 10.3 Å². The second-order valence-corrected chi connectivity index (χ2v) is 10.4. The number of carbonyl (C=O) groups is 3. The van der Waals surface area contributed by atoms with Crippen LogP contribution in [0.3, 0.4) is 0 Å². The molecule has 0 saturated carbocycles. The molecule has 0 radical (unpaired) electrons.